The molecule has 7 nitrogen and oxygen atoms in total. The van der Waals surface area contributed by atoms with Crippen molar-refractivity contribution >= 4 is 5.91 Å². The first-order valence-electron chi connectivity index (χ1n) is 9.94. The van der Waals surface area contributed by atoms with Crippen LogP contribution in [0.25, 0.3) is 0 Å². The zero-order chi connectivity index (χ0) is 19.9. The molecule has 0 spiro atoms. The number of ether oxygens (including phenoxy) is 1. The van der Waals surface area contributed by atoms with Crippen LogP contribution in [0.15, 0.2) is 59.3 Å². The lowest BCUT2D eigenvalue weighted by Crippen LogP contribution is -2.39. The molecule has 1 unspecified atom stereocenters. The average molecular weight is 392 g/mol. The van der Waals surface area contributed by atoms with Gasteiger partial charge in [0.15, 0.2) is 5.82 Å². The van der Waals surface area contributed by atoms with E-state index in [4.69, 9.17) is 9.26 Å². The first kappa shape index (κ1) is 19.3. The molecule has 1 saturated heterocycles. The fourth-order valence-electron chi connectivity index (χ4n) is 3.48. The molecule has 0 bridgehead atoms. The Bertz CT molecular complexity index is 914. The van der Waals surface area contributed by atoms with E-state index in [0.29, 0.717) is 43.6 Å². The van der Waals surface area contributed by atoms with Crippen molar-refractivity contribution in [2.45, 2.75) is 31.8 Å². The number of hydrogen-bond donors (Lipinski definition) is 0. The van der Waals surface area contributed by atoms with Crippen LogP contribution >= 0.6 is 0 Å². The summed E-state index contributed by atoms with van der Waals surface area (Å²) >= 11 is 0. The van der Waals surface area contributed by atoms with E-state index in [9.17, 15) is 4.79 Å². The highest BCUT2D eigenvalue weighted by Gasteiger charge is 2.29. The van der Waals surface area contributed by atoms with Gasteiger partial charge in [-0.15, -0.1) is 0 Å². The molecule has 1 aliphatic heterocycles. The molecule has 29 heavy (non-hydrogen) atoms. The average Bonchev–Trinajstić information content (AvgIpc) is 3.27. The summed E-state index contributed by atoms with van der Waals surface area (Å²) < 4.78 is 11.2. The van der Waals surface area contributed by atoms with Gasteiger partial charge in [0.2, 0.25) is 5.89 Å². The summed E-state index contributed by atoms with van der Waals surface area (Å²) in [5.74, 6) is 1.25. The Balaban J connectivity index is 1.29. The monoisotopic (exact) mass is 392 g/mol. The minimum atomic E-state index is -0.0515. The third-order valence-corrected chi connectivity index (χ3v) is 5.01. The van der Waals surface area contributed by atoms with E-state index >= 15 is 0 Å². The van der Waals surface area contributed by atoms with Gasteiger partial charge in [0.1, 0.15) is 5.69 Å². The van der Waals surface area contributed by atoms with Crippen molar-refractivity contribution in [1.82, 2.24) is 20.0 Å². The lowest BCUT2D eigenvalue weighted by atomic mass is 9.97. The number of hydrogen-bond acceptors (Lipinski definition) is 6. The maximum absolute atomic E-state index is 12.7. The number of likely N-dealkylation sites (tertiary alicyclic amines) is 1. The van der Waals surface area contributed by atoms with Crippen molar-refractivity contribution in [2.24, 2.45) is 0 Å². The largest absolute Gasteiger partial charge is 0.376 e. The topological polar surface area (TPSA) is 81.4 Å². The number of nitrogens with zero attached hydrogens (tertiary/aromatic N) is 4. The molecule has 1 aromatic carbocycles. The summed E-state index contributed by atoms with van der Waals surface area (Å²) in [6.07, 6.45) is 4.07. The summed E-state index contributed by atoms with van der Waals surface area (Å²) in [5, 5.41) is 4.08. The van der Waals surface area contributed by atoms with E-state index < -0.39 is 0 Å². The van der Waals surface area contributed by atoms with Crippen molar-refractivity contribution in [1.29, 1.82) is 0 Å². The molecule has 0 saturated carbocycles. The molecule has 1 fully saturated rings. The van der Waals surface area contributed by atoms with Gasteiger partial charge in [-0.2, -0.15) is 4.98 Å². The van der Waals surface area contributed by atoms with Gasteiger partial charge in [-0.1, -0.05) is 41.6 Å². The number of pyridine rings is 1. The normalized spacial score (nSPS) is 16.7. The quantitative estimate of drug-likeness (QED) is 0.574. The number of rotatable bonds is 7. The Kier molecular flexibility index (Phi) is 6.26. The van der Waals surface area contributed by atoms with Crippen LogP contribution < -0.4 is 0 Å². The van der Waals surface area contributed by atoms with Gasteiger partial charge >= 0.3 is 0 Å². The van der Waals surface area contributed by atoms with E-state index in [1.54, 1.807) is 18.3 Å². The molecule has 1 aliphatic rings. The lowest BCUT2D eigenvalue weighted by Gasteiger charge is -2.30. The summed E-state index contributed by atoms with van der Waals surface area (Å²) in [4.78, 5) is 23.2. The molecular weight excluding hydrogens is 368 g/mol. The highest BCUT2D eigenvalue weighted by molar-refractivity contribution is 5.92. The lowest BCUT2D eigenvalue weighted by molar-refractivity contribution is 0.0689. The van der Waals surface area contributed by atoms with Crippen LogP contribution in [0.2, 0.25) is 0 Å². The highest BCUT2D eigenvalue weighted by atomic mass is 16.5. The number of aromatic nitrogens is 3. The second kappa shape index (κ2) is 9.43. The summed E-state index contributed by atoms with van der Waals surface area (Å²) in [6, 6.07) is 15.4. The SMILES string of the molecule is O=C(c1ccccn1)N1CCCC(c2nc(CCOCc3ccccc3)no2)C1. The van der Waals surface area contributed by atoms with Gasteiger partial charge in [-0.25, -0.2) is 0 Å². The van der Waals surface area contributed by atoms with Crippen molar-refractivity contribution < 1.29 is 14.1 Å². The van der Waals surface area contributed by atoms with Gasteiger partial charge < -0.3 is 14.2 Å². The molecule has 3 aromatic rings. The molecule has 4 rings (SSSR count). The third-order valence-electron chi connectivity index (χ3n) is 5.01. The van der Waals surface area contributed by atoms with Crippen LogP contribution in [-0.4, -0.2) is 45.6 Å². The zero-order valence-corrected chi connectivity index (χ0v) is 16.2. The van der Waals surface area contributed by atoms with E-state index in [0.717, 1.165) is 24.9 Å². The molecular formula is C22H24N4O3. The number of amides is 1. The Morgan fingerprint density at radius 1 is 1.17 bits per heavy atom. The molecule has 150 valence electrons. The molecule has 0 N–H and O–H groups in total. The Hall–Kier alpha value is -3.06. The fourth-order valence-corrected chi connectivity index (χ4v) is 3.48. The Morgan fingerprint density at radius 2 is 2.03 bits per heavy atom. The van der Waals surface area contributed by atoms with Gasteiger partial charge in [-0.3, -0.25) is 9.78 Å². The zero-order valence-electron chi connectivity index (χ0n) is 16.2. The Morgan fingerprint density at radius 3 is 2.86 bits per heavy atom. The van der Waals surface area contributed by atoms with Crippen molar-refractivity contribution in [3.8, 4) is 0 Å². The molecule has 2 aromatic heterocycles. The van der Waals surface area contributed by atoms with Crippen LogP contribution in [0, 0.1) is 0 Å². The number of carbonyl (C=O) groups excluding carboxylic acids is 1. The predicted molar refractivity (Wildman–Crippen MR) is 106 cm³/mol. The maximum Gasteiger partial charge on any atom is 0.272 e. The van der Waals surface area contributed by atoms with Crippen LogP contribution in [-0.2, 0) is 17.8 Å². The highest BCUT2D eigenvalue weighted by Crippen LogP contribution is 2.26. The number of carbonyl (C=O) groups is 1. The Labute approximate surface area is 169 Å². The van der Waals surface area contributed by atoms with Crippen molar-refractivity contribution in [2.75, 3.05) is 19.7 Å². The van der Waals surface area contributed by atoms with Gasteiger partial charge in [-0.05, 0) is 30.5 Å². The second-order valence-electron chi connectivity index (χ2n) is 7.14. The maximum atomic E-state index is 12.7. The fraction of sp³-hybridized carbons (Fsp3) is 0.364. The number of benzene rings is 1. The third kappa shape index (κ3) is 5.06. The van der Waals surface area contributed by atoms with Crippen LogP contribution in [0.4, 0.5) is 0 Å². The standard InChI is InChI=1S/C22H24N4O3/c27-22(19-10-4-5-12-23-19)26-13-6-9-18(15-26)21-24-20(25-29-21)11-14-28-16-17-7-2-1-3-8-17/h1-5,7-8,10,12,18H,6,9,11,13-16H2. The minimum Gasteiger partial charge on any atom is -0.376 e. The van der Waals surface area contributed by atoms with E-state index in [1.807, 2.05) is 41.3 Å². The van der Waals surface area contributed by atoms with Gasteiger partial charge in [0.05, 0.1) is 19.1 Å². The van der Waals surface area contributed by atoms with E-state index in [2.05, 4.69) is 15.1 Å². The van der Waals surface area contributed by atoms with Crippen LogP contribution in [0.1, 0.15) is 46.5 Å². The number of piperidine rings is 1. The minimum absolute atomic E-state index is 0.0515. The van der Waals surface area contributed by atoms with Crippen LogP contribution in [0.5, 0.6) is 0 Å². The van der Waals surface area contributed by atoms with Gasteiger partial charge in [0, 0.05) is 25.7 Å². The van der Waals surface area contributed by atoms with E-state index in [1.165, 1.54) is 0 Å². The molecule has 1 atom stereocenters. The predicted octanol–water partition coefficient (Wildman–Crippen LogP) is 3.24. The first-order chi connectivity index (χ1) is 14.3. The molecule has 1 amide bonds. The van der Waals surface area contributed by atoms with Gasteiger partial charge in [0.25, 0.3) is 5.91 Å². The van der Waals surface area contributed by atoms with E-state index in [-0.39, 0.29) is 11.8 Å². The second-order valence-corrected chi connectivity index (χ2v) is 7.14. The smallest absolute Gasteiger partial charge is 0.272 e. The first-order valence-corrected chi connectivity index (χ1v) is 9.94. The summed E-state index contributed by atoms with van der Waals surface area (Å²) in [7, 11) is 0. The molecule has 3 heterocycles. The summed E-state index contributed by atoms with van der Waals surface area (Å²) in [5.41, 5.74) is 1.61. The molecule has 0 aliphatic carbocycles. The van der Waals surface area contributed by atoms with Crippen molar-refractivity contribution in [3.63, 3.8) is 0 Å². The summed E-state index contributed by atoms with van der Waals surface area (Å²) in [6.45, 7) is 2.39. The molecule has 0 radical (unpaired) electrons. The van der Waals surface area contributed by atoms with Crippen molar-refractivity contribution in [3.05, 3.63) is 77.7 Å². The molecule has 7 heteroatoms. The van der Waals surface area contributed by atoms with Crippen LogP contribution in [0.3, 0.4) is 0 Å².